The van der Waals surface area contributed by atoms with Crippen molar-refractivity contribution in [1.82, 2.24) is 19.8 Å². The number of nitrogens with two attached hydrogens (primary N) is 1. The third-order valence-corrected chi connectivity index (χ3v) is 4.60. The summed E-state index contributed by atoms with van der Waals surface area (Å²) in [5, 5.41) is 10.9. The van der Waals surface area contributed by atoms with Crippen molar-refractivity contribution in [2.24, 2.45) is 19.8 Å². The number of hydrogen-bond acceptors (Lipinski definition) is 5. The number of hydrogen-bond donors (Lipinski definition) is 5. The van der Waals surface area contributed by atoms with E-state index < -0.39 is 5.91 Å². The van der Waals surface area contributed by atoms with Crippen molar-refractivity contribution in [2.75, 3.05) is 30.3 Å². The van der Waals surface area contributed by atoms with Gasteiger partial charge in [-0.05, 0) is 18.6 Å². The summed E-state index contributed by atoms with van der Waals surface area (Å²) in [5.41, 5.74) is 6.98. The van der Waals surface area contributed by atoms with E-state index in [1.807, 2.05) is 6.92 Å². The molecule has 2 aromatic rings. The molecule has 32 heavy (non-hydrogen) atoms. The van der Waals surface area contributed by atoms with E-state index >= 15 is 0 Å². The van der Waals surface area contributed by atoms with Gasteiger partial charge in [0.15, 0.2) is 0 Å². The van der Waals surface area contributed by atoms with Crippen LogP contribution in [0.5, 0.6) is 0 Å². The summed E-state index contributed by atoms with van der Waals surface area (Å²) >= 11 is 0. The highest BCUT2D eigenvalue weighted by atomic mass is 16.2. The highest BCUT2D eigenvalue weighted by molar-refractivity contribution is 6.05. The number of nitrogens with zero attached hydrogens (tertiary/aromatic N) is 2. The molecule has 0 saturated heterocycles. The van der Waals surface area contributed by atoms with E-state index in [0.29, 0.717) is 29.3 Å². The number of rotatable bonds is 11. The summed E-state index contributed by atoms with van der Waals surface area (Å²) in [6.45, 7) is 3.02. The quantitative estimate of drug-likeness (QED) is 0.342. The van der Waals surface area contributed by atoms with Gasteiger partial charge < -0.3 is 36.1 Å². The zero-order valence-electron chi connectivity index (χ0n) is 18.7. The number of nitrogens with one attached hydrogen (secondary N) is 4. The number of aryl methyl sites for hydroxylation is 2. The lowest BCUT2D eigenvalue weighted by atomic mass is 10.3. The average molecular weight is 446 g/mol. The van der Waals surface area contributed by atoms with E-state index in [1.165, 1.54) is 0 Å². The molecule has 11 heteroatoms. The molecule has 0 atom stereocenters. The fourth-order valence-electron chi connectivity index (χ4n) is 3.00. The summed E-state index contributed by atoms with van der Waals surface area (Å²) in [6, 6.07) is 3.11. The van der Waals surface area contributed by atoms with Crippen LogP contribution in [0, 0.1) is 0 Å². The molecule has 11 nitrogen and oxygen atoms in total. The minimum Gasteiger partial charge on any atom is -0.356 e. The standard InChI is InChI=1S/C21H31N7O4/c1-4-8-23-18(29)6-9-24-20(31)16-11-15(13-27(16)2)26-21(32)17-10-14(12-28(17)3)25-19(30)5-7-22/h10-13H,4-9,22H2,1-3H3,(H,23,29)(H,24,31)(H,25,30)(H,26,32). The molecule has 0 aliphatic carbocycles. The van der Waals surface area contributed by atoms with Gasteiger partial charge in [-0.25, -0.2) is 0 Å². The van der Waals surface area contributed by atoms with Crippen molar-refractivity contribution in [3.8, 4) is 0 Å². The number of carbonyl (C=O) groups excluding carboxylic acids is 4. The van der Waals surface area contributed by atoms with Crippen LogP contribution in [0.1, 0.15) is 47.2 Å². The van der Waals surface area contributed by atoms with Gasteiger partial charge >= 0.3 is 0 Å². The minimum absolute atomic E-state index is 0.117. The molecule has 0 fully saturated rings. The Kier molecular flexibility index (Phi) is 9.02. The molecule has 2 heterocycles. The first-order valence-corrected chi connectivity index (χ1v) is 10.4. The van der Waals surface area contributed by atoms with Crippen LogP contribution in [0.4, 0.5) is 11.4 Å². The monoisotopic (exact) mass is 445 g/mol. The fraction of sp³-hybridized carbons (Fsp3) is 0.429. The van der Waals surface area contributed by atoms with Crippen LogP contribution >= 0.6 is 0 Å². The number of carbonyl (C=O) groups is 4. The number of anilines is 2. The maximum atomic E-state index is 12.7. The first kappa shape index (κ1) is 24.7. The highest BCUT2D eigenvalue weighted by Gasteiger charge is 2.17. The summed E-state index contributed by atoms with van der Waals surface area (Å²) in [4.78, 5) is 48.4. The van der Waals surface area contributed by atoms with Crippen LogP contribution in [-0.2, 0) is 23.7 Å². The maximum absolute atomic E-state index is 12.7. The molecule has 0 aromatic carbocycles. The summed E-state index contributed by atoms with van der Waals surface area (Å²) < 4.78 is 3.18. The lowest BCUT2D eigenvalue weighted by molar-refractivity contribution is -0.121. The molecule has 2 rings (SSSR count). The molecule has 0 aliphatic heterocycles. The number of aromatic nitrogens is 2. The Morgan fingerprint density at radius 3 is 2.00 bits per heavy atom. The third-order valence-electron chi connectivity index (χ3n) is 4.60. The van der Waals surface area contributed by atoms with E-state index in [0.717, 1.165) is 6.42 Å². The van der Waals surface area contributed by atoms with Crippen molar-refractivity contribution >= 4 is 35.0 Å². The molecular formula is C21H31N7O4. The third kappa shape index (κ3) is 6.98. The Hall–Kier alpha value is -3.60. The van der Waals surface area contributed by atoms with Crippen LogP contribution in [0.2, 0.25) is 0 Å². The van der Waals surface area contributed by atoms with Gasteiger partial charge in [-0.1, -0.05) is 6.92 Å². The van der Waals surface area contributed by atoms with Gasteiger partial charge in [0, 0.05) is 59.0 Å². The largest absolute Gasteiger partial charge is 0.356 e. The van der Waals surface area contributed by atoms with E-state index in [9.17, 15) is 19.2 Å². The highest BCUT2D eigenvalue weighted by Crippen LogP contribution is 2.17. The van der Waals surface area contributed by atoms with Crippen LogP contribution < -0.4 is 27.0 Å². The Labute approximate surface area is 186 Å². The second-order valence-corrected chi connectivity index (χ2v) is 7.35. The first-order chi connectivity index (χ1) is 15.2. The van der Waals surface area contributed by atoms with Gasteiger partial charge in [-0.3, -0.25) is 19.2 Å². The Balaban J connectivity index is 1.95. The summed E-state index contributed by atoms with van der Waals surface area (Å²) in [5.74, 6) is -1.09. The second kappa shape index (κ2) is 11.7. The van der Waals surface area contributed by atoms with Crippen molar-refractivity contribution in [3.05, 3.63) is 35.9 Å². The van der Waals surface area contributed by atoms with Gasteiger partial charge in [0.05, 0.1) is 11.4 Å². The lowest BCUT2D eigenvalue weighted by Gasteiger charge is -2.06. The minimum atomic E-state index is -0.392. The Morgan fingerprint density at radius 2 is 1.41 bits per heavy atom. The van der Waals surface area contributed by atoms with Crippen LogP contribution in [0.25, 0.3) is 0 Å². The molecule has 174 valence electrons. The van der Waals surface area contributed by atoms with Crippen molar-refractivity contribution in [2.45, 2.75) is 26.2 Å². The second-order valence-electron chi connectivity index (χ2n) is 7.35. The van der Waals surface area contributed by atoms with Crippen LogP contribution in [0.15, 0.2) is 24.5 Å². The van der Waals surface area contributed by atoms with Crippen molar-refractivity contribution in [3.63, 3.8) is 0 Å². The molecule has 2 aromatic heterocycles. The molecule has 0 unspecified atom stereocenters. The smallest absolute Gasteiger partial charge is 0.272 e. The van der Waals surface area contributed by atoms with Gasteiger partial charge in [-0.2, -0.15) is 0 Å². The predicted octanol–water partition coefficient (Wildman–Crippen LogP) is 0.549. The molecule has 0 radical (unpaired) electrons. The molecule has 4 amide bonds. The Bertz CT molecular complexity index is 977. The zero-order chi connectivity index (χ0) is 23.7. The van der Waals surface area contributed by atoms with Gasteiger partial charge in [-0.15, -0.1) is 0 Å². The van der Waals surface area contributed by atoms with Gasteiger partial charge in [0.25, 0.3) is 11.8 Å². The Morgan fingerprint density at radius 1 is 0.812 bits per heavy atom. The molecular weight excluding hydrogens is 414 g/mol. The van der Waals surface area contributed by atoms with Crippen LogP contribution in [0.3, 0.4) is 0 Å². The topological polar surface area (TPSA) is 152 Å². The summed E-state index contributed by atoms with van der Waals surface area (Å²) in [7, 11) is 3.38. The first-order valence-electron chi connectivity index (χ1n) is 10.4. The molecule has 0 aliphatic rings. The molecule has 0 spiro atoms. The van der Waals surface area contributed by atoms with Gasteiger partial charge in [0.2, 0.25) is 11.8 Å². The average Bonchev–Trinajstić information content (AvgIpc) is 3.28. The summed E-state index contributed by atoms with van der Waals surface area (Å²) in [6.07, 6.45) is 4.48. The molecule has 6 N–H and O–H groups in total. The predicted molar refractivity (Wildman–Crippen MR) is 121 cm³/mol. The van der Waals surface area contributed by atoms with Crippen LogP contribution in [-0.4, -0.2) is 52.4 Å². The SMILES string of the molecule is CCCNC(=O)CCNC(=O)c1cc(NC(=O)c2cc(NC(=O)CCN)cn2C)cn1C. The van der Waals surface area contributed by atoms with E-state index in [1.54, 1.807) is 47.8 Å². The van der Waals surface area contributed by atoms with Crippen molar-refractivity contribution in [1.29, 1.82) is 0 Å². The zero-order valence-corrected chi connectivity index (χ0v) is 18.7. The molecule has 0 bridgehead atoms. The maximum Gasteiger partial charge on any atom is 0.272 e. The van der Waals surface area contributed by atoms with E-state index in [2.05, 4.69) is 21.3 Å². The lowest BCUT2D eigenvalue weighted by Crippen LogP contribution is -2.31. The van der Waals surface area contributed by atoms with Crippen molar-refractivity contribution < 1.29 is 19.2 Å². The normalized spacial score (nSPS) is 10.5. The van der Waals surface area contributed by atoms with E-state index in [4.69, 9.17) is 5.73 Å². The van der Waals surface area contributed by atoms with E-state index in [-0.39, 0.29) is 43.7 Å². The van der Waals surface area contributed by atoms with Gasteiger partial charge in [0.1, 0.15) is 11.4 Å². The fourth-order valence-corrected chi connectivity index (χ4v) is 3.00. The number of amides is 4. The molecule has 0 saturated carbocycles.